The normalized spacial score (nSPS) is 21.3. The van der Waals surface area contributed by atoms with E-state index in [1.54, 1.807) is 84.0 Å². The van der Waals surface area contributed by atoms with Gasteiger partial charge in [-0.15, -0.1) is 10.2 Å². The predicted octanol–water partition coefficient (Wildman–Crippen LogP) is 14.0. The van der Waals surface area contributed by atoms with Gasteiger partial charge in [0, 0.05) is 139 Å². The number of benzene rings is 8. The monoisotopic (exact) mass is 2010 g/mol. The summed E-state index contributed by atoms with van der Waals surface area (Å²) in [5, 5.41) is 60.9. The number of aliphatic hydroxyl groups is 3. The molecule has 41 heteroatoms. The number of amides is 4. The quantitative estimate of drug-likeness (QED) is 0.0370. The Kier molecular flexibility index (Phi) is 31.1. The molecule has 4 amide bonds. The summed E-state index contributed by atoms with van der Waals surface area (Å²) in [6.07, 6.45) is 1.51. The molecule has 8 fully saturated rings. The van der Waals surface area contributed by atoms with Crippen LogP contribution in [0.2, 0.25) is 20.1 Å². The van der Waals surface area contributed by atoms with Gasteiger partial charge < -0.3 is 84.9 Å². The molecule has 140 heavy (non-hydrogen) atoms. The number of imidazole rings is 2. The van der Waals surface area contributed by atoms with Crippen molar-refractivity contribution in [2.24, 2.45) is 0 Å². The number of aromatic nitrogens is 10. The molecule has 0 bridgehead atoms. The highest BCUT2D eigenvalue weighted by Gasteiger charge is 2.43. The van der Waals surface area contributed by atoms with Gasteiger partial charge in [0.2, 0.25) is 23.6 Å². The van der Waals surface area contributed by atoms with Crippen molar-refractivity contribution >= 4 is 137 Å². The number of halogens is 12. The molecule has 4 aromatic heterocycles. The van der Waals surface area contributed by atoms with Crippen molar-refractivity contribution in [1.82, 2.24) is 90.0 Å². The van der Waals surface area contributed by atoms with Gasteiger partial charge in [0.15, 0.2) is 0 Å². The van der Waals surface area contributed by atoms with Gasteiger partial charge in [-0.3, -0.25) is 19.2 Å². The van der Waals surface area contributed by atoms with Crippen LogP contribution in [0.3, 0.4) is 0 Å². The van der Waals surface area contributed by atoms with Crippen LogP contribution in [0.15, 0.2) is 158 Å². The first kappa shape index (κ1) is 100. The summed E-state index contributed by atoms with van der Waals surface area (Å²) in [5.74, 6) is -0.393. The number of anilines is 4. The first-order valence-corrected chi connectivity index (χ1v) is 49.0. The van der Waals surface area contributed by atoms with Crippen LogP contribution in [0, 0.1) is 11.6 Å². The van der Waals surface area contributed by atoms with Crippen LogP contribution in [0.1, 0.15) is 137 Å². The second-order valence-electron chi connectivity index (χ2n) is 36.9. The maximum Gasteiger partial charge on any atom is 0.416 e. The van der Waals surface area contributed by atoms with E-state index in [9.17, 15) is 69.6 Å². The molecule has 8 aliphatic rings. The molecular formula is C99H112Cl4F8N22O7. The molecule has 11 atom stereocenters. The molecule has 8 saturated heterocycles. The molecule has 0 saturated carbocycles. The topological polar surface area (TPSA) is 300 Å². The fraction of sp³-hybridized carbons (Fsp3) is 0.455. The molecule has 3 unspecified atom stereocenters. The van der Waals surface area contributed by atoms with Crippen molar-refractivity contribution in [2.45, 2.75) is 158 Å². The highest BCUT2D eigenvalue weighted by Crippen LogP contribution is 2.43. The molecule has 12 heterocycles. The predicted molar refractivity (Wildman–Crippen MR) is 523 cm³/mol. The number of piperidine rings is 1. The summed E-state index contributed by atoms with van der Waals surface area (Å²) >= 11 is 23.6. The van der Waals surface area contributed by atoms with Gasteiger partial charge in [-0.05, 0) is 231 Å². The Hall–Kier alpha value is -11.1. The third kappa shape index (κ3) is 21.8. The maximum absolute atomic E-state index is 14.5. The first-order chi connectivity index (χ1) is 67.3. The molecule has 0 spiro atoms. The average Bonchev–Trinajstić information content (AvgIpc) is 1.58. The van der Waals surface area contributed by atoms with Crippen molar-refractivity contribution < 1.29 is 69.6 Å². The summed E-state index contributed by atoms with van der Waals surface area (Å²) < 4.78 is 119. The lowest BCUT2D eigenvalue weighted by Crippen LogP contribution is -2.63. The number of fused-ring (bicyclic) bond motifs is 4. The first-order valence-electron chi connectivity index (χ1n) is 47.5. The minimum atomic E-state index is -4.54. The zero-order valence-corrected chi connectivity index (χ0v) is 80.7. The van der Waals surface area contributed by atoms with Crippen LogP contribution >= 0.6 is 46.4 Å². The summed E-state index contributed by atoms with van der Waals surface area (Å²) in [4.78, 5) is 76.2. The number of alkyl halides is 6. The summed E-state index contributed by atoms with van der Waals surface area (Å²) in [6, 6.07) is 36.7. The lowest BCUT2D eigenvalue weighted by atomic mass is 10.0. The zero-order chi connectivity index (χ0) is 98.7. The molecule has 744 valence electrons. The Balaban J connectivity index is 0.000000129. The largest absolute Gasteiger partial charge is 0.416 e. The Morgan fingerprint density at radius 2 is 0.700 bits per heavy atom. The smallest absolute Gasteiger partial charge is 0.394 e. The van der Waals surface area contributed by atoms with E-state index >= 15 is 0 Å². The SMILES string of the molecule is CC(c1ccc(Cl)cc1C(F)(F)F)n1cnc2ccc(N3CCN(C(=O)[C@H]4CCCCN4)[C@H](CO)C3)cc21.CC(c1ccc(Cl)cc1C(F)(F)F)n1cnc2ccc(N3CCN(C(=O)[C@H]4CCCN4)[C@H](CO)C3)cc21.CC(c1ccc(Cl)cc1F)n1nnc2ccc(N3CCN(C(=O)[C@H]4CCCN4)CC3)cc21.C[C@H](c1ccc(Cl)cc1F)n1nnc2ccc(N3CCN(C(=O)[C@H]4CCN4)[C@H](CO)C3)cc21. The highest BCUT2D eigenvalue weighted by atomic mass is 35.5. The van der Waals surface area contributed by atoms with Gasteiger partial charge in [0.05, 0.1) is 143 Å². The highest BCUT2D eigenvalue weighted by molar-refractivity contribution is 6.31. The van der Waals surface area contributed by atoms with E-state index in [4.69, 9.17) is 46.4 Å². The number of piperazine rings is 4. The van der Waals surface area contributed by atoms with Crippen LogP contribution in [-0.2, 0) is 31.5 Å². The van der Waals surface area contributed by atoms with Gasteiger partial charge in [-0.25, -0.2) is 28.1 Å². The van der Waals surface area contributed by atoms with Gasteiger partial charge in [-0.2, -0.15) is 26.3 Å². The summed E-state index contributed by atoms with van der Waals surface area (Å²) in [6.45, 7) is 18.0. The molecule has 20 rings (SSSR count). The van der Waals surface area contributed by atoms with Gasteiger partial charge in [-0.1, -0.05) is 87.5 Å². The molecule has 0 aliphatic carbocycles. The Morgan fingerprint density at radius 3 is 1.05 bits per heavy atom. The van der Waals surface area contributed by atoms with Crippen molar-refractivity contribution in [3.63, 3.8) is 0 Å². The molecule has 8 aromatic carbocycles. The summed E-state index contributed by atoms with van der Waals surface area (Å²) in [7, 11) is 0. The number of carbonyl (C=O) groups excluding carboxylic acids is 4. The minimum Gasteiger partial charge on any atom is -0.394 e. The Labute approximate surface area is 823 Å². The number of hydrogen-bond acceptors (Lipinski definition) is 21. The third-order valence-electron chi connectivity index (χ3n) is 28.4. The van der Waals surface area contributed by atoms with E-state index < -0.39 is 35.6 Å². The fourth-order valence-electron chi connectivity index (χ4n) is 20.3. The summed E-state index contributed by atoms with van der Waals surface area (Å²) in [5.41, 5.74) is 9.21. The Bertz CT molecular complexity index is 6440. The molecule has 7 N–H and O–H groups in total. The molecular weight excluding hydrogens is 1900 g/mol. The van der Waals surface area contributed by atoms with Crippen LogP contribution < -0.4 is 40.9 Å². The van der Waals surface area contributed by atoms with E-state index in [1.807, 2.05) is 85.5 Å². The lowest BCUT2D eigenvalue weighted by Gasteiger charge is -2.44. The van der Waals surface area contributed by atoms with E-state index in [0.29, 0.717) is 121 Å². The van der Waals surface area contributed by atoms with Crippen molar-refractivity contribution in [3.8, 4) is 0 Å². The van der Waals surface area contributed by atoms with Crippen molar-refractivity contribution in [2.75, 3.05) is 151 Å². The number of rotatable bonds is 19. The van der Waals surface area contributed by atoms with E-state index in [-0.39, 0.29) is 131 Å². The minimum absolute atomic E-state index is 0.0203. The standard InChI is InChI=1S/C27H31ClF3N5O2.C26H29ClF3N5O2.C23H26ClFN6O2.C23H26ClFN6O/c1-17(21-7-5-18(28)12-22(21)27(29,30)31)36-16-33-23-8-6-19(13-25(23)36)34-10-11-35(20(14-34)15-37)26(38)24-4-2-3-9-32-24;1-16(20-6-4-17(27)11-21(20)26(28,29)30)35-15-32-22-7-5-18(12-24(22)35)33-9-10-34(19(13-33)14-36)25(37)23-3-2-8-31-23;1-14(18-4-2-15(24)10-19(18)25)31-22-11-16(3-5-20(22)27-28-31)29-8-9-30(17(12-29)13-32)23(33)21-6-7-26-21;1-15(18-6-4-16(24)13-19(18)25)31-22-14-17(5-7-20(22)27-28-31)29-9-11-30(12-10-29)23(32)21-3-2-8-26-21/h5-8,12-13,16-17,20,24,32,37H,2-4,9-11,14-15H2,1H3;4-7,11-12,15-16,19,23,31,36H,2-3,8-10,13-14H2,1H3;2-5,10-11,14,17,21,26,32H,6-9,12-13H2,1H3;4-7,13-15,21,26H,2-3,8-12H2,1H3/t17?,20-,24+;16?,19-,23+;14-,17+,21-;15?,21-/m0011/s1. The second kappa shape index (κ2) is 43.4. The third-order valence-corrected chi connectivity index (χ3v) is 29.3. The fourth-order valence-corrected chi connectivity index (χ4v) is 21.0. The lowest BCUT2D eigenvalue weighted by molar-refractivity contribution is -0.139. The molecule has 29 nitrogen and oxygen atoms in total. The molecule has 0 radical (unpaired) electrons. The van der Waals surface area contributed by atoms with Crippen LogP contribution in [0.25, 0.3) is 44.1 Å². The Morgan fingerprint density at radius 1 is 0.371 bits per heavy atom. The molecule has 12 aromatic rings. The van der Waals surface area contributed by atoms with E-state index in [2.05, 4.69) is 77.5 Å². The number of aliphatic hydroxyl groups excluding tert-OH is 3. The van der Waals surface area contributed by atoms with E-state index in [0.717, 1.165) is 142 Å². The number of nitrogens with zero attached hydrogens (tertiary/aromatic N) is 18. The van der Waals surface area contributed by atoms with E-state index in [1.165, 1.54) is 36.4 Å². The van der Waals surface area contributed by atoms with Gasteiger partial charge in [0.1, 0.15) is 22.7 Å². The second-order valence-corrected chi connectivity index (χ2v) is 38.7. The van der Waals surface area contributed by atoms with Crippen molar-refractivity contribution in [3.05, 3.63) is 223 Å². The van der Waals surface area contributed by atoms with Crippen LogP contribution in [0.5, 0.6) is 0 Å². The maximum atomic E-state index is 14.5. The van der Waals surface area contributed by atoms with Gasteiger partial charge in [0.25, 0.3) is 0 Å². The number of hydrogen-bond donors (Lipinski definition) is 7. The van der Waals surface area contributed by atoms with Crippen molar-refractivity contribution in [1.29, 1.82) is 0 Å². The number of nitrogens with one attached hydrogen (secondary N) is 4. The van der Waals surface area contributed by atoms with Crippen LogP contribution in [-0.4, -0.2) is 281 Å². The number of carbonyl (C=O) groups is 4. The zero-order valence-electron chi connectivity index (χ0n) is 77.7. The van der Waals surface area contributed by atoms with Crippen LogP contribution in [0.4, 0.5) is 57.9 Å². The average molecular weight is 2020 g/mol. The van der Waals surface area contributed by atoms with Gasteiger partial charge >= 0.3 is 12.4 Å². The molecule has 8 aliphatic heterocycles.